The molecule has 0 radical (unpaired) electrons. The smallest absolute Gasteiger partial charge is 0.475 e. The van der Waals surface area contributed by atoms with Crippen molar-refractivity contribution < 1.29 is 33.0 Å². The van der Waals surface area contributed by atoms with Crippen molar-refractivity contribution in [2.45, 2.75) is 24.7 Å². The summed E-state index contributed by atoms with van der Waals surface area (Å²) in [4.78, 5) is 23.2. The van der Waals surface area contributed by atoms with E-state index in [1.54, 1.807) is 23.2 Å². The van der Waals surface area contributed by atoms with Crippen LogP contribution in [0.25, 0.3) is 10.9 Å². The summed E-state index contributed by atoms with van der Waals surface area (Å²) in [5, 5.41) is 29.0. The van der Waals surface area contributed by atoms with Gasteiger partial charge in [0.1, 0.15) is 0 Å². The number of aromatic nitrogens is 2. The molecule has 1 saturated heterocycles. The summed E-state index contributed by atoms with van der Waals surface area (Å²) in [5.41, 5.74) is 2.61. The Bertz CT molecular complexity index is 1120. The van der Waals surface area contributed by atoms with Gasteiger partial charge in [0.05, 0.1) is 11.7 Å². The number of rotatable bonds is 4. The number of aromatic amines is 1. The zero-order valence-corrected chi connectivity index (χ0v) is 18.6. The molecule has 1 amide bonds. The molecule has 33 heavy (non-hydrogen) atoms. The quantitative estimate of drug-likeness (QED) is 0.410. The number of amides is 1. The van der Waals surface area contributed by atoms with E-state index in [9.17, 15) is 23.1 Å². The molecular weight excluding hydrogens is 509 g/mol. The standard InChI is InChI=1S/C19H19BrN4O2.C2HF3O2/c20-14-3-1-12(2-4-14)18(25)19(26)24-8-7-16(11-24)22-15-5-6-17-13(9-15)10-21-23-17;3-2(4,5)1(6)7/h1-6,9-10,16,18,22,25H,7-8,11H2,(H,21,23);(H,6,7). The third-order valence-corrected chi connectivity index (χ3v) is 5.50. The van der Waals surface area contributed by atoms with Crippen LogP contribution in [-0.4, -0.2) is 62.5 Å². The topological polar surface area (TPSA) is 119 Å². The summed E-state index contributed by atoms with van der Waals surface area (Å²) in [6.45, 7) is 1.22. The maximum absolute atomic E-state index is 12.6. The lowest BCUT2D eigenvalue weighted by molar-refractivity contribution is -0.192. The third kappa shape index (κ3) is 6.45. The summed E-state index contributed by atoms with van der Waals surface area (Å²) in [7, 11) is 0. The number of aliphatic hydroxyl groups is 1. The molecule has 1 aliphatic rings. The Morgan fingerprint density at radius 3 is 2.52 bits per heavy atom. The van der Waals surface area contributed by atoms with Gasteiger partial charge in [-0.25, -0.2) is 4.79 Å². The number of fused-ring (bicyclic) bond motifs is 1. The van der Waals surface area contributed by atoms with Gasteiger partial charge >= 0.3 is 12.1 Å². The van der Waals surface area contributed by atoms with Crippen LogP contribution in [0.3, 0.4) is 0 Å². The molecule has 2 aromatic carbocycles. The number of carbonyl (C=O) groups is 2. The first-order valence-electron chi connectivity index (χ1n) is 9.76. The highest BCUT2D eigenvalue weighted by molar-refractivity contribution is 9.10. The summed E-state index contributed by atoms with van der Waals surface area (Å²) in [6.07, 6.45) is -3.56. The van der Waals surface area contributed by atoms with Crippen molar-refractivity contribution in [2.24, 2.45) is 0 Å². The fourth-order valence-electron chi connectivity index (χ4n) is 3.31. The van der Waals surface area contributed by atoms with Gasteiger partial charge in [-0.1, -0.05) is 28.1 Å². The second-order valence-electron chi connectivity index (χ2n) is 7.34. The average molecular weight is 529 g/mol. The predicted octanol–water partition coefficient (Wildman–Crippen LogP) is 3.71. The molecule has 1 fully saturated rings. The van der Waals surface area contributed by atoms with Crippen LogP contribution in [0.2, 0.25) is 0 Å². The molecule has 0 bridgehead atoms. The second kappa shape index (κ2) is 10.2. The number of likely N-dealkylation sites (tertiary alicyclic amines) is 1. The third-order valence-electron chi connectivity index (χ3n) is 4.97. The van der Waals surface area contributed by atoms with Crippen LogP contribution in [0, 0.1) is 0 Å². The molecule has 8 nitrogen and oxygen atoms in total. The number of halogens is 4. The Hall–Kier alpha value is -3.12. The van der Waals surface area contributed by atoms with Crippen LogP contribution in [0.4, 0.5) is 18.9 Å². The van der Waals surface area contributed by atoms with Gasteiger partial charge in [0.25, 0.3) is 5.91 Å². The molecule has 1 aliphatic heterocycles. The molecule has 0 aliphatic carbocycles. The van der Waals surface area contributed by atoms with E-state index in [0.29, 0.717) is 18.7 Å². The molecule has 2 unspecified atom stereocenters. The van der Waals surface area contributed by atoms with Gasteiger partial charge in [0.2, 0.25) is 0 Å². The second-order valence-corrected chi connectivity index (χ2v) is 8.26. The molecular formula is C21H20BrF3N4O4. The Morgan fingerprint density at radius 2 is 1.88 bits per heavy atom. The van der Waals surface area contributed by atoms with Crippen molar-refractivity contribution in [1.29, 1.82) is 0 Å². The number of aliphatic carboxylic acids is 1. The van der Waals surface area contributed by atoms with Gasteiger partial charge in [-0.15, -0.1) is 0 Å². The lowest BCUT2D eigenvalue weighted by Gasteiger charge is -2.21. The van der Waals surface area contributed by atoms with Crippen molar-refractivity contribution in [2.75, 3.05) is 18.4 Å². The highest BCUT2D eigenvalue weighted by Gasteiger charge is 2.38. The molecule has 2 heterocycles. The number of carbonyl (C=O) groups excluding carboxylic acids is 1. The van der Waals surface area contributed by atoms with E-state index in [4.69, 9.17) is 9.90 Å². The fourth-order valence-corrected chi connectivity index (χ4v) is 3.57. The molecule has 0 saturated carbocycles. The number of H-pyrrole nitrogens is 1. The van der Waals surface area contributed by atoms with Gasteiger partial charge in [-0.05, 0) is 42.3 Å². The average Bonchev–Trinajstić information content (AvgIpc) is 3.42. The number of alkyl halides is 3. The van der Waals surface area contributed by atoms with Crippen LogP contribution < -0.4 is 5.32 Å². The lowest BCUT2D eigenvalue weighted by Crippen LogP contribution is -2.35. The van der Waals surface area contributed by atoms with E-state index < -0.39 is 18.2 Å². The maximum Gasteiger partial charge on any atom is 0.490 e. The van der Waals surface area contributed by atoms with Crippen LogP contribution in [-0.2, 0) is 9.59 Å². The van der Waals surface area contributed by atoms with Crippen molar-refractivity contribution in [3.05, 3.63) is 58.7 Å². The molecule has 0 spiro atoms. The normalized spacial score (nSPS) is 16.8. The Kier molecular flexibility index (Phi) is 7.59. The van der Waals surface area contributed by atoms with E-state index in [-0.39, 0.29) is 11.9 Å². The Labute approximate surface area is 194 Å². The van der Waals surface area contributed by atoms with Gasteiger partial charge in [-0.2, -0.15) is 18.3 Å². The largest absolute Gasteiger partial charge is 0.490 e. The number of aliphatic hydroxyl groups excluding tert-OH is 1. The molecule has 1 aromatic heterocycles. The monoisotopic (exact) mass is 528 g/mol. The summed E-state index contributed by atoms with van der Waals surface area (Å²) < 4.78 is 32.7. The van der Waals surface area contributed by atoms with E-state index in [1.165, 1.54) is 0 Å². The van der Waals surface area contributed by atoms with Crippen molar-refractivity contribution in [3.8, 4) is 0 Å². The minimum absolute atomic E-state index is 0.167. The number of nitrogens with zero attached hydrogens (tertiary/aromatic N) is 2. The van der Waals surface area contributed by atoms with Gasteiger partial charge < -0.3 is 20.4 Å². The fraction of sp³-hybridized carbons (Fsp3) is 0.286. The number of carboxylic acids is 1. The van der Waals surface area contributed by atoms with Crippen LogP contribution >= 0.6 is 15.9 Å². The van der Waals surface area contributed by atoms with Crippen LogP contribution in [0.5, 0.6) is 0 Å². The van der Waals surface area contributed by atoms with Crippen molar-refractivity contribution in [1.82, 2.24) is 15.1 Å². The number of benzene rings is 2. The van der Waals surface area contributed by atoms with E-state index in [2.05, 4.69) is 31.4 Å². The molecule has 176 valence electrons. The van der Waals surface area contributed by atoms with Gasteiger partial charge in [-0.3, -0.25) is 9.89 Å². The molecule has 2 atom stereocenters. The molecule has 4 N–H and O–H groups in total. The number of anilines is 1. The van der Waals surface area contributed by atoms with E-state index in [1.807, 2.05) is 30.3 Å². The minimum atomic E-state index is -5.08. The number of nitrogens with one attached hydrogen (secondary N) is 2. The highest BCUT2D eigenvalue weighted by atomic mass is 79.9. The lowest BCUT2D eigenvalue weighted by atomic mass is 10.1. The number of carboxylic acid groups (broad SMARTS) is 1. The highest BCUT2D eigenvalue weighted by Crippen LogP contribution is 2.24. The zero-order chi connectivity index (χ0) is 24.2. The SMILES string of the molecule is O=C(C(O)c1ccc(Br)cc1)N1CCC(Nc2ccc3[nH]ncc3c2)C1.O=C(O)C(F)(F)F. The van der Waals surface area contributed by atoms with Crippen molar-refractivity contribution >= 4 is 44.4 Å². The van der Waals surface area contributed by atoms with E-state index in [0.717, 1.165) is 27.5 Å². The Balaban J connectivity index is 0.000000383. The van der Waals surface area contributed by atoms with E-state index >= 15 is 0 Å². The molecule has 3 aromatic rings. The first-order valence-corrected chi connectivity index (χ1v) is 10.6. The van der Waals surface area contributed by atoms with Gasteiger partial charge in [0.15, 0.2) is 6.10 Å². The summed E-state index contributed by atoms with van der Waals surface area (Å²) in [5.74, 6) is -3.01. The minimum Gasteiger partial charge on any atom is -0.475 e. The summed E-state index contributed by atoms with van der Waals surface area (Å²) in [6, 6.07) is 13.4. The van der Waals surface area contributed by atoms with Crippen LogP contribution in [0.1, 0.15) is 18.1 Å². The number of hydrogen-bond donors (Lipinski definition) is 4. The first-order chi connectivity index (χ1) is 15.5. The van der Waals surface area contributed by atoms with Gasteiger partial charge in [0, 0.05) is 34.7 Å². The maximum atomic E-state index is 12.6. The predicted molar refractivity (Wildman–Crippen MR) is 117 cm³/mol. The summed E-state index contributed by atoms with van der Waals surface area (Å²) >= 11 is 3.36. The Morgan fingerprint density at radius 1 is 1.21 bits per heavy atom. The van der Waals surface area contributed by atoms with Crippen molar-refractivity contribution in [3.63, 3.8) is 0 Å². The molecule has 12 heteroatoms. The molecule has 4 rings (SSSR count). The first kappa shape index (κ1) is 24.5. The zero-order valence-electron chi connectivity index (χ0n) is 17.0. The van der Waals surface area contributed by atoms with Crippen LogP contribution in [0.15, 0.2) is 53.1 Å². The number of hydrogen-bond acceptors (Lipinski definition) is 5.